The maximum absolute atomic E-state index is 12.5. The minimum absolute atomic E-state index is 0.0600. The molecular weight excluding hydrogens is 390 g/mol. The van der Waals surface area contributed by atoms with Crippen molar-refractivity contribution in [2.45, 2.75) is 0 Å². The zero-order valence-electron chi connectivity index (χ0n) is 16.1. The Bertz CT molecular complexity index is 1080. The fraction of sp³-hybridized carbons (Fsp3) is 0.0952. The number of hydrogen-bond acceptors (Lipinski definition) is 8. The maximum Gasteiger partial charge on any atom is 0.365 e. The Balaban J connectivity index is 1.92. The first kappa shape index (κ1) is 20.5. The van der Waals surface area contributed by atoms with Crippen LogP contribution < -0.4 is 9.47 Å². The number of oxime groups is 1. The maximum atomic E-state index is 12.5. The molecule has 0 aliphatic carbocycles. The van der Waals surface area contributed by atoms with Gasteiger partial charge in [-0.3, -0.25) is 15.1 Å². The number of nitro groups is 1. The fourth-order valence-electron chi connectivity index (χ4n) is 2.63. The van der Waals surface area contributed by atoms with E-state index >= 15 is 0 Å². The number of pyridine rings is 1. The van der Waals surface area contributed by atoms with E-state index in [0.29, 0.717) is 28.3 Å². The van der Waals surface area contributed by atoms with Crippen molar-refractivity contribution in [3.05, 3.63) is 93.8 Å². The predicted molar refractivity (Wildman–Crippen MR) is 108 cm³/mol. The summed E-state index contributed by atoms with van der Waals surface area (Å²) in [4.78, 5) is 32.0. The molecule has 0 radical (unpaired) electrons. The topological polar surface area (TPSA) is 113 Å². The quantitative estimate of drug-likeness (QED) is 0.254. The van der Waals surface area contributed by atoms with Gasteiger partial charge in [0.05, 0.1) is 24.7 Å². The van der Waals surface area contributed by atoms with E-state index in [2.05, 4.69) is 10.1 Å². The summed E-state index contributed by atoms with van der Waals surface area (Å²) >= 11 is 0. The Morgan fingerprint density at radius 1 is 0.900 bits per heavy atom. The minimum atomic E-state index is -0.704. The molecule has 1 aromatic heterocycles. The van der Waals surface area contributed by atoms with Crippen molar-refractivity contribution in [2.75, 3.05) is 14.2 Å². The second-order valence-corrected chi connectivity index (χ2v) is 5.93. The van der Waals surface area contributed by atoms with E-state index in [-0.39, 0.29) is 11.3 Å². The summed E-state index contributed by atoms with van der Waals surface area (Å²) < 4.78 is 10.3. The van der Waals surface area contributed by atoms with Crippen LogP contribution in [0.15, 0.2) is 72.1 Å². The van der Waals surface area contributed by atoms with Gasteiger partial charge in [-0.15, -0.1) is 0 Å². The SMILES string of the molecule is COc1ccc(C(=O)ON=C(c2ccncc2)c2ccc([N+](=O)[O-])cc2)cc1OC. The molecule has 1 heterocycles. The number of nitro benzene ring substituents is 1. The highest BCUT2D eigenvalue weighted by Crippen LogP contribution is 2.28. The van der Waals surface area contributed by atoms with Gasteiger partial charge in [0.2, 0.25) is 0 Å². The van der Waals surface area contributed by atoms with Crippen LogP contribution in [0, 0.1) is 10.1 Å². The number of carbonyl (C=O) groups excluding carboxylic acids is 1. The first-order chi connectivity index (χ1) is 14.5. The number of aromatic nitrogens is 1. The van der Waals surface area contributed by atoms with Gasteiger partial charge in [0.15, 0.2) is 11.5 Å². The van der Waals surface area contributed by atoms with Crippen molar-refractivity contribution in [1.29, 1.82) is 0 Å². The van der Waals surface area contributed by atoms with Gasteiger partial charge in [-0.25, -0.2) is 4.79 Å². The molecular formula is C21H17N3O6. The molecule has 0 atom stereocenters. The molecule has 0 spiro atoms. The molecule has 9 nitrogen and oxygen atoms in total. The molecule has 0 saturated carbocycles. The number of nitrogens with zero attached hydrogens (tertiary/aromatic N) is 3. The van der Waals surface area contributed by atoms with Crippen molar-refractivity contribution in [3.8, 4) is 11.5 Å². The molecule has 9 heteroatoms. The Hall–Kier alpha value is -4.27. The summed E-state index contributed by atoms with van der Waals surface area (Å²) in [6, 6.07) is 13.7. The Labute approximate surface area is 171 Å². The van der Waals surface area contributed by atoms with Crippen LogP contribution >= 0.6 is 0 Å². The van der Waals surface area contributed by atoms with Crippen LogP contribution in [0.4, 0.5) is 5.69 Å². The highest BCUT2D eigenvalue weighted by molar-refractivity contribution is 6.13. The average Bonchev–Trinajstić information content (AvgIpc) is 2.79. The normalized spacial score (nSPS) is 10.9. The first-order valence-electron chi connectivity index (χ1n) is 8.70. The summed E-state index contributed by atoms with van der Waals surface area (Å²) in [6.07, 6.45) is 3.12. The molecule has 0 N–H and O–H groups in total. The number of non-ortho nitro benzene ring substituents is 1. The fourth-order valence-corrected chi connectivity index (χ4v) is 2.63. The third-order valence-corrected chi connectivity index (χ3v) is 4.14. The summed E-state index contributed by atoms with van der Waals surface area (Å²) in [7, 11) is 2.95. The number of methoxy groups -OCH3 is 2. The highest BCUT2D eigenvalue weighted by Gasteiger charge is 2.15. The second kappa shape index (κ2) is 9.28. The number of hydrogen-bond donors (Lipinski definition) is 0. The van der Waals surface area contributed by atoms with Crippen LogP contribution in [0.3, 0.4) is 0 Å². The van der Waals surface area contributed by atoms with Crippen LogP contribution in [0.1, 0.15) is 21.5 Å². The van der Waals surface area contributed by atoms with Gasteiger partial charge in [-0.2, -0.15) is 0 Å². The molecule has 0 aliphatic heterocycles. The van der Waals surface area contributed by atoms with E-state index in [4.69, 9.17) is 14.3 Å². The monoisotopic (exact) mass is 407 g/mol. The number of ether oxygens (including phenoxy) is 2. The summed E-state index contributed by atoms with van der Waals surface area (Å²) in [6.45, 7) is 0. The number of carbonyl (C=O) groups is 1. The second-order valence-electron chi connectivity index (χ2n) is 5.93. The Morgan fingerprint density at radius 3 is 2.10 bits per heavy atom. The van der Waals surface area contributed by atoms with Crippen molar-refractivity contribution in [1.82, 2.24) is 4.98 Å². The standard InChI is InChI=1S/C21H17N3O6/c1-28-18-8-5-16(13-19(18)29-2)21(25)30-23-20(15-9-11-22-12-10-15)14-3-6-17(7-4-14)24(26)27/h3-13H,1-2H3. The van der Waals surface area contributed by atoms with E-state index in [1.807, 2.05) is 0 Å². The lowest BCUT2D eigenvalue weighted by Gasteiger charge is -2.09. The molecule has 0 aliphatic rings. The third kappa shape index (κ3) is 4.58. The molecule has 3 aromatic rings. The van der Waals surface area contributed by atoms with Gasteiger partial charge >= 0.3 is 5.97 Å². The summed E-state index contributed by atoms with van der Waals surface area (Å²) in [5.41, 5.74) is 1.64. The van der Waals surface area contributed by atoms with E-state index < -0.39 is 10.9 Å². The van der Waals surface area contributed by atoms with Crippen LogP contribution in [0.2, 0.25) is 0 Å². The largest absolute Gasteiger partial charge is 0.493 e. The van der Waals surface area contributed by atoms with Crippen LogP contribution in [-0.2, 0) is 4.84 Å². The lowest BCUT2D eigenvalue weighted by Crippen LogP contribution is -2.08. The molecule has 3 rings (SSSR count). The molecule has 0 saturated heterocycles. The molecule has 2 aromatic carbocycles. The highest BCUT2D eigenvalue weighted by atomic mass is 16.7. The van der Waals surface area contributed by atoms with Crippen LogP contribution in [-0.4, -0.2) is 35.8 Å². The lowest BCUT2D eigenvalue weighted by atomic mass is 10.0. The van der Waals surface area contributed by atoms with E-state index in [1.165, 1.54) is 50.6 Å². The lowest BCUT2D eigenvalue weighted by molar-refractivity contribution is -0.384. The zero-order valence-corrected chi connectivity index (χ0v) is 16.1. The molecule has 0 amide bonds. The Kier molecular flexibility index (Phi) is 6.33. The van der Waals surface area contributed by atoms with E-state index in [1.54, 1.807) is 30.6 Å². The molecule has 0 bridgehead atoms. The Morgan fingerprint density at radius 2 is 1.50 bits per heavy atom. The average molecular weight is 407 g/mol. The smallest absolute Gasteiger partial charge is 0.365 e. The molecule has 30 heavy (non-hydrogen) atoms. The van der Waals surface area contributed by atoms with E-state index in [9.17, 15) is 14.9 Å². The van der Waals surface area contributed by atoms with Crippen molar-refractivity contribution in [2.24, 2.45) is 5.16 Å². The van der Waals surface area contributed by atoms with Crippen molar-refractivity contribution < 1.29 is 24.0 Å². The van der Waals surface area contributed by atoms with Gasteiger partial charge < -0.3 is 14.3 Å². The van der Waals surface area contributed by atoms with Crippen LogP contribution in [0.5, 0.6) is 11.5 Å². The first-order valence-corrected chi connectivity index (χ1v) is 8.70. The van der Waals surface area contributed by atoms with Gasteiger partial charge in [0.25, 0.3) is 5.69 Å². The molecule has 0 unspecified atom stereocenters. The minimum Gasteiger partial charge on any atom is -0.493 e. The molecule has 0 fully saturated rings. The van der Waals surface area contributed by atoms with Gasteiger partial charge in [0, 0.05) is 35.7 Å². The predicted octanol–water partition coefficient (Wildman–Crippen LogP) is 3.62. The van der Waals surface area contributed by atoms with Gasteiger partial charge in [-0.1, -0.05) is 5.16 Å². The zero-order chi connectivity index (χ0) is 21.5. The van der Waals surface area contributed by atoms with Crippen LogP contribution in [0.25, 0.3) is 0 Å². The van der Waals surface area contributed by atoms with Gasteiger partial charge in [-0.05, 0) is 42.5 Å². The van der Waals surface area contributed by atoms with Gasteiger partial charge in [0.1, 0.15) is 5.71 Å². The van der Waals surface area contributed by atoms with Crippen molar-refractivity contribution >= 4 is 17.4 Å². The number of benzene rings is 2. The third-order valence-electron chi connectivity index (χ3n) is 4.14. The summed E-state index contributed by atoms with van der Waals surface area (Å²) in [5, 5.41) is 14.9. The van der Waals surface area contributed by atoms with Crippen molar-refractivity contribution in [3.63, 3.8) is 0 Å². The summed E-state index contributed by atoms with van der Waals surface area (Å²) in [5.74, 6) is 0.144. The molecule has 152 valence electrons. The number of rotatable bonds is 7. The van der Waals surface area contributed by atoms with E-state index in [0.717, 1.165) is 0 Å².